The van der Waals surface area contributed by atoms with Crippen molar-refractivity contribution in [2.45, 2.75) is 25.2 Å². The van der Waals surface area contributed by atoms with Crippen LogP contribution in [-0.2, 0) is 24.3 Å². The van der Waals surface area contributed by atoms with Gasteiger partial charge in [-0.15, -0.1) is 0 Å². The lowest BCUT2D eigenvalue weighted by Crippen LogP contribution is -2.47. The molecule has 1 rings (SSSR count). The van der Waals surface area contributed by atoms with Crippen molar-refractivity contribution < 1.29 is 22.7 Å². The van der Waals surface area contributed by atoms with Crippen LogP contribution in [0.4, 0.5) is 0 Å². The molecule has 0 aliphatic carbocycles. The predicted molar refractivity (Wildman–Crippen MR) is 88.4 cm³/mol. The van der Waals surface area contributed by atoms with Crippen molar-refractivity contribution in [3.8, 4) is 0 Å². The van der Waals surface area contributed by atoms with Gasteiger partial charge in [-0.05, 0) is 25.5 Å². The van der Waals surface area contributed by atoms with Crippen molar-refractivity contribution in [1.29, 1.82) is 0 Å². The standard InChI is InChI=1S/C15H23N3O5S/c1-4-9-23-11-15(20)17-16-14(19)10-18(3)24(21,22)13-7-5-12(2)6-8-13/h5-8H,4,9-11H2,1-3H3,(H,16,19)(H,17,20). The molecule has 0 aliphatic rings. The highest BCUT2D eigenvalue weighted by atomic mass is 32.2. The second kappa shape index (κ2) is 9.36. The Morgan fingerprint density at radius 2 is 1.71 bits per heavy atom. The first kappa shape index (κ1) is 20.1. The Labute approximate surface area is 142 Å². The smallest absolute Gasteiger partial charge is 0.264 e. The zero-order chi connectivity index (χ0) is 18.2. The van der Waals surface area contributed by atoms with E-state index in [1.54, 1.807) is 12.1 Å². The number of hydrogen-bond acceptors (Lipinski definition) is 5. The summed E-state index contributed by atoms with van der Waals surface area (Å²) >= 11 is 0. The van der Waals surface area contributed by atoms with Gasteiger partial charge in [0.25, 0.3) is 11.8 Å². The molecule has 9 heteroatoms. The third-order valence-electron chi connectivity index (χ3n) is 3.02. The monoisotopic (exact) mass is 357 g/mol. The van der Waals surface area contributed by atoms with E-state index in [2.05, 4.69) is 10.9 Å². The summed E-state index contributed by atoms with van der Waals surface area (Å²) in [6.45, 7) is 3.60. The number of nitrogens with zero attached hydrogens (tertiary/aromatic N) is 1. The van der Waals surface area contributed by atoms with Gasteiger partial charge in [-0.25, -0.2) is 8.42 Å². The van der Waals surface area contributed by atoms with Gasteiger partial charge in [0.15, 0.2) is 0 Å². The summed E-state index contributed by atoms with van der Waals surface area (Å²) in [6.07, 6.45) is 0.779. The van der Waals surface area contributed by atoms with E-state index in [4.69, 9.17) is 4.74 Å². The van der Waals surface area contributed by atoms with Gasteiger partial charge in [0.05, 0.1) is 11.4 Å². The SMILES string of the molecule is CCCOCC(=O)NNC(=O)CN(C)S(=O)(=O)c1ccc(C)cc1. The number of carbonyl (C=O) groups is 2. The maximum absolute atomic E-state index is 12.3. The Kier molecular flexibility index (Phi) is 7.83. The molecule has 1 aromatic rings. The highest BCUT2D eigenvalue weighted by molar-refractivity contribution is 7.89. The van der Waals surface area contributed by atoms with Crippen LogP contribution in [0, 0.1) is 6.92 Å². The number of carbonyl (C=O) groups excluding carboxylic acids is 2. The predicted octanol–water partition coefficient (Wildman–Crippen LogP) is 0.190. The fourth-order valence-corrected chi connectivity index (χ4v) is 2.83. The van der Waals surface area contributed by atoms with Gasteiger partial charge < -0.3 is 4.74 Å². The number of rotatable bonds is 8. The molecule has 0 saturated heterocycles. The number of sulfonamides is 1. The van der Waals surface area contributed by atoms with E-state index in [9.17, 15) is 18.0 Å². The first-order chi connectivity index (χ1) is 11.3. The molecule has 0 unspecified atom stereocenters. The molecule has 134 valence electrons. The van der Waals surface area contributed by atoms with Crippen molar-refractivity contribution in [2.24, 2.45) is 0 Å². The molecule has 0 atom stereocenters. The van der Waals surface area contributed by atoms with Gasteiger partial charge >= 0.3 is 0 Å². The summed E-state index contributed by atoms with van der Waals surface area (Å²) < 4.78 is 30.6. The van der Waals surface area contributed by atoms with Crippen molar-refractivity contribution >= 4 is 21.8 Å². The Balaban J connectivity index is 2.51. The van der Waals surface area contributed by atoms with E-state index in [1.165, 1.54) is 19.2 Å². The second-order valence-electron chi connectivity index (χ2n) is 5.22. The van der Waals surface area contributed by atoms with Crippen molar-refractivity contribution in [3.63, 3.8) is 0 Å². The van der Waals surface area contributed by atoms with E-state index < -0.39 is 28.4 Å². The molecule has 0 bridgehead atoms. The number of benzene rings is 1. The van der Waals surface area contributed by atoms with Gasteiger partial charge in [0.2, 0.25) is 10.0 Å². The number of hydrazine groups is 1. The average Bonchev–Trinajstić information content (AvgIpc) is 2.53. The minimum Gasteiger partial charge on any atom is -0.372 e. The molecule has 0 heterocycles. The van der Waals surface area contributed by atoms with Crippen LogP contribution >= 0.6 is 0 Å². The third kappa shape index (κ3) is 6.26. The normalized spacial score (nSPS) is 11.3. The number of nitrogens with one attached hydrogen (secondary N) is 2. The summed E-state index contributed by atoms with van der Waals surface area (Å²) in [5, 5.41) is 0. The first-order valence-corrected chi connectivity index (χ1v) is 8.89. The lowest BCUT2D eigenvalue weighted by Gasteiger charge is -2.17. The largest absolute Gasteiger partial charge is 0.372 e. The molecular weight excluding hydrogens is 334 g/mol. The molecule has 8 nitrogen and oxygen atoms in total. The molecule has 2 N–H and O–H groups in total. The minimum atomic E-state index is -3.77. The molecule has 0 aromatic heterocycles. The quantitative estimate of drug-likeness (QED) is 0.510. The highest BCUT2D eigenvalue weighted by Gasteiger charge is 2.22. The summed E-state index contributed by atoms with van der Waals surface area (Å²) in [7, 11) is -2.48. The molecule has 2 amide bonds. The minimum absolute atomic E-state index is 0.0976. The van der Waals surface area contributed by atoms with Crippen LogP contribution in [-0.4, -0.2) is 51.3 Å². The summed E-state index contributed by atoms with van der Waals surface area (Å²) in [4.78, 5) is 23.2. The van der Waals surface area contributed by atoms with Crippen molar-refractivity contribution in [2.75, 3.05) is 26.8 Å². The molecule has 0 saturated carbocycles. The number of hydrogen-bond donors (Lipinski definition) is 2. The Hall–Kier alpha value is -1.97. The molecule has 1 aromatic carbocycles. The molecule has 0 spiro atoms. The maximum Gasteiger partial charge on any atom is 0.264 e. The van der Waals surface area contributed by atoms with Gasteiger partial charge in [-0.1, -0.05) is 24.6 Å². The van der Waals surface area contributed by atoms with Crippen LogP contribution in [0.5, 0.6) is 0 Å². The lowest BCUT2D eigenvalue weighted by atomic mass is 10.2. The van der Waals surface area contributed by atoms with Gasteiger partial charge in [0.1, 0.15) is 6.61 Å². The molecule has 0 radical (unpaired) electrons. The van der Waals surface area contributed by atoms with Crippen LogP contribution in [0.2, 0.25) is 0 Å². The molecular formula is C15H23N3O5S. The van der Waals surface area contributed by atoms with Crippen molar-refractivity contribution in [3.05, 3.63) is 29.8 Å². The van der Waals surface area contributed by atoms with E-state index >= 15 is 0 Å². The molecule has 0 fully saturated rings. The number of aryl methyl sites for hydroxylation is 1. The van der Waals surface area contributed by atoms with E-state index in [-0.39, 0.29) is 11.5 Å². The number of ether oxygens (including phenoxy) is 1. The van der Waals surface area contributed by atoms with Crippen molar-refractivity contribution in [1.82, 2.24) is 15.2 Å². The fourth-order valence-electron chi connectivity index (χ4n) is 1.70. The van der Waals surface area contributed by atoms with Crippen LogP contribution < -0.4 is 10.9 Å². The highest BCUT2D eigenvalue weighted by Crippen LogP contribution is 2.14. The van der Waals surface area contributed by atoms with Gasteiger partial charge in [-0.2, -0.15) is 4.31 Å². The van der Waals surface area contributed by atoms with Crippen LogP contribution in [0.3, 0.4) is 0 Å². The summed E-state index contributed by atoms with van der Waals surface area (Å²) in [5.41, 5.74) is 5.24. The van der Waals surface area contributed by atoms with Gasteiger partial charge in [0, 0.05) is 13.7 Å². The maximum atomic E-state index is 12.3. The number of likely N-dealkylation sites (N-methyl/N-ethyl adjacent to an activating group) is 1. The van der Waals surface area contributed by atoms with Crippen LogP contribution in [0.15, 0.2) is 29.2 Å². The topological polar surface area (TPSA) is 105 Å². The lowest BCUT2D eigenvalue weighted by molar-refractivity contribution is -0.131. The average molecular weight is 357 g/mol. The summed E-state index contributed by atoms with van der Waals surface area (Å²) in [5.74, 6) is -1.17. The van der Waals surface area contributed by atoms with E-state index in [0.717, 1.165) is 16.3 Å². The Bertz CT molecular complexity index is 658. The van der Waals surface area contributed by atoms with Crippen LogP contribution in [0.25, 0.3) is 0 Å². The summed E-state index contributed by atoms with van der Waals surface area (Å²) in [6, 6.07) is 6.31. The third-order valence-corrected chi connectivity index (χ3v) is 4.84. The Morgan fingerprint density at radius 1 is 1.12 bits per heavy atom. The van der Waals surface area contributed by atoms with Crippen LogP contribution in [0.1, 0.15) is 18.9 Å². The molecule has 24 heavy (non-hydrogen) atoms. The Morgan fingerprint density at radius 3 is 2.29 bits per heavy atom. The zero-order valence-electron chi connectivity index (χ0n) is 14.0. The van der Waals surface area contributed by atoms with E-state index in [1.807, 2.05) is 13.8 Å². The van der Waals surface area contributed by atoms with Gasteiger partial charge in [-0.3, -0.25) is 20.4 Å². The molecule has 0 aliphatic heterocycles. The zero-order valence-corrected chi connectivity index (χ0v) is 14.9. The second-order valence-corrected chi connectivity index (χ2v) is 7.27. The fraction of sp³-hybridized carbons (Fsp3) is 0.467. The first-order valence-electron chi connectivity index (χ1n) is 7.45. The number of amides is 2. The van der Waals surface area contributed by atoms with E-state index in [0.29, 0.717) is 6.61 Å².